The van der Waals surface area contributed by atoms with Crippen LogP contribution in [0.1, 0.15) is 23.7 Å². The molecule has 1 atom stereocenters. The Kier molecular flexibility index (Phi) is 3.73. The van der Waals surface area contributed by atoms with Crippen molar-refractivity contribution >= 4 is 11.6 Å². The molecule has 94 valence electrons. The fourth-order valence-electron chi connectivity index (χ4n) is 1.85. The van der Waals surface area contributed by atoms with Crippen molar-refractivity contribution < 1.29 is 9.53 Å². The van der Waals surface area contributed by atoms with Gasteiger partial charge in [-0.25, -0.2) is 0 Å². The van der Waals surface area contributed by atoms with E-state index < -0.39 is 0 Å². The van der Waals surface area contributed by atoms with Gasteiger partial charge in [0.05, 0.1) is 17.3 Å². The summed E-state index contributed by atoms with van der Waals surface area (Å²) < 4.78 is 5.55. The predicted octanol–water partition coefficient (Wildman–Crippen LogP) is 1.63. The summed E-state index contributed by atoms with van der Waals surface area (Å²) in [6.07, 6.45) is 6.04. The van der Waals surface area contributed by atoms with Gasteiger partial charge in [-0.05, 0) is 18.6 Å². The topological polar surface area (TPSA) is 50.4 Å². The van der Waals surface area contributed by atoms with Crippen molar-refractivity contribution in [2.75, 3.05) is 18.5 Å². The molecule has 0 radical (unpaired) electrons. The van der Waals surface area contributed by atoms with Gasteiger partial charge in [-0.3, -0.25) is 4.79 Å². The molecule has 0 aliphatic carbocycles. The second-order valence-electron chi connectivity index (χ2n) is 4.06. The van der Waals surface area contributed by atoms with E-state index in [4.69, 9.17) is 11.2 Å². The monoisotopic (exact) mass is 244 g/mol. The summed E-state index contributed by atoms with van der Waals surface area (Å²) >= 11 is 0. The van der Waals surface area contributed by atoms with Gasteiger partial charge in [-0.1, -0.05) is 18.9 Å². The zero-order valence-electron chi connectivity index (χ0n) is 10.3. The van der Waals surface area contributed by atoms with Crippen LogP contribution in [-0.4, -0.2) is 25.1 Å². The Morgan fingerprint density at radius 2 is 2.50 bits per heavy atom. The number of ether oxygens (including phenoxy) is 1. The van der Waals surface area contributed by atoms with Gasteiger partial charge in [0.1, 0.15) is 6.61 Å². The molecular weight excluding hydrogens is 228 g/mol. The number of rotatable bonds is 3. The lowest BCUT2D eigenvalue weighted by Crippen LogP contribution is -2.34. The van der Waals surface area contributed by atoms with Gasteiger partial charge in [-0.15, -0.1) is 6.42 Å². The first-order chi connectivity index (χ1) is 8.76. The average Bonchev–Trinajstić information content (AvgIpc) is 2.43. The molecule has 1 aromatic carbocycles. The van der Waals surface area contributed by atoms with Crippen molar-refractivity contribution in [3.63, 3.8) is 0 Å². The molecule has 0 aromatic heterocycles. The first-order valence-corrected chi connectivity index (χ1v) is 6.03. The molecule has 0 saturated heterocycles. The average molecular weight is 244 g/mol. The Balaban J connectivity index is 2.23. The minimum atomic E-state index is -0.245. The van der Waals surface area contributed by atoms with E-state index in [-0.39, 0.29) is 11.9 Å². The van der Waals surface area contributed by atoms with Gasteiger partial charge in [0, 0.05) is 6.54 Å². The number of terminal acetylenes is 1. The fourth-order valence-corrected chi connectivity index (χ4v) is 1.85. The molecule has 1 amide bonds. The maximum Gasteiger partial charge on any atom is 0.256 e. The molecule has 0 spiro atoms. The van der Waals surface area contributed by atoms with E-state index in [0.717, 1.165) is 12.2 Å². The van der Waals surface area contributed by atoms with Crippen LogP contribution in [0.5, 0.6) is 5.75 Å². The quantitative estimate of drug-likeness (QED) is 0.795. The van der Waals surface area contributed by atoms with Gasteiger partial charge in [-0.2, -0.15) is 0 Å². The van der Waals surface area contributed by atoms with Crippen LogP contribution in [0.2, 0.25) is 0 Å². The molecule has 0 bridgehead atoms. The number of hydrogen-bond acceptors (Lipinski definition) is 3. The van der Waals surface area contributed by atoms with Gasteiger partial charge in [0.2, 0.25) is 0 Å². The first kappa shape index (κ1) is 12.3. The van der Waals surface area contributed by atoms with Crippen molar-refractivity contribution in [1.29, 1.82) is 0 Å². The summed E-state index contributed by atoms with van der Waals surface area (Å²) in [6, 6.07) is 5.21. The smallest absolute Gasteiger partial charge is 0.256 e. The largest absolute Gasteiger partial charge is 0.489 e. The predicted molar refractivity (Wildman–Crippen MR) is 70.8 cm³/mol. The Hall–Kier alpha value is -2.15. The minimum absolute atomic E-state index is 0.194. The normalized spacial score (nSPS) is 14.4. The lowest BCUT2D eigenvalue weighted by atomic mass is 10.1. The molecule has 1 unspecified atom stereocenters. The second-order valence-corrected chi connectivity index (χ2v) is 4.06. The molecule has 2 N–H and O–H groups in total. The molecular formula is C14H16N2O2. The maximum atomic E-state index is 12.1. The highest BCUT2D eigenvalue weighted by molar-refractivity contribution is 5.99. The van der Waals surface area contributed by atoms with Gasteiger partial charge < -0.3 is 15.4 Å². The Morgan fingerprint density at radius 1 is 1.67 bits per heavy atom. The van der Waals surface area contributed by atoms with E-state index in [1.807, 2.05) is 19.1 Å². The number of hydrogen-bond donors (Lipinski definition) is 2. The van der Waals surface area contributed by atoms with E-state index in [0.29, 0.717) is 24.3 Å². The highest BCUT2D eigenvalue weighted by Crippen LogP contribution is 2.31. The summed E-state index contributed by atoms with van der Waals surface area (Å²) in [6.45, 7) is 3.24. The van der Waals surface area contributed by atoms with Gasteiger partial charge >= 0.3 is 0 Å². The van der Waals surface area contributed by atoms with Crippen LogP contribution in [0.15, 0.2) is 18.2 Å². The van der Waals surface area contributed by atoms with Crippen LogP contribution >= 0.6 is 0 Å². The third-order valence-electron chi connectivity index (χ3n) is 2.84. The molecule has 4 heteroatoms. The SMILES string of the molecule is C#CC(CC)NC(=O)c1cccc2c1OCCN2. The number of amides is 1. The van der Waals surface area contributed by atoms with Crippen LogP contribution in [0.25, 0.3) is 0 Å². The highest BCUT2D eigenvalue weighted by Gasteiger charge is 2.19. The number of carbonyl (C=O) groups is 1. The number of nitrogens with one attached hydrogen (secondary N) is 2. The van der Waals surface area contributed by atoms with Crippen LogP contribution in [0, 0.1) is 12.3 Å². The third kappa shape index (κ3) is 2.40. The summed E-state index contributed by atoms with van der Waals surface area (Å²) in [5, 5.41) is 5.99. The standard InChI is InChI=1S/C14H16N2O2/c1-3-10(4-2)16-14(17)11-6-5-7-12-13(11)18-9-8-15-12/h1,5-7,10,15H,4,8-9H2,2H3,(H,16,17). The molecule has 1 aliphatic heterocycles. The minimum Gasteiger partial charge on any atom is -0.489 e. The Morgan fingerprint density at radius 3 is 3.22 bits per heavy atom. The number of fused-ring (bicyclic) bond motifs is 1. The van der Waals surface area contributed by atoms with E-state index in [1.165, 1.54) is 0 Å². The lowest BCUT2D eigenvalue weighted by molar-refractivity contribution is 0.0941. The van der Waals surface area contributed by atoms with Crippen molar-refractivity contribution in [3.8, 4) is 18.1 Å². The number of benzene rings is 1. The van der Waals surface area contributed by atoms with Gasteiger partial charge in [0.25, 0.3) is 5.91 Å². The van der Waals surface area contributed by atoms with Crippen molar-refractivity contribution in [3.05, 3.63) is 23.8 Å². The van der Waals surface area contributed by atoms with Crippen LogP contribution in [0.3, 0.4) is 0 Å². The number of anilines is 1. The highest BCUT2D eigenvalue weighted by atomic mass is 16.5. The van der Waals surface area contributed by atoms with Crippen LogP contribution in [-0.2, 0) is 0 Å². The summed E-state index contributed by atoms with van der Waals surface area (Å²) in [7, 11) is 0. The summed E-state index contributed by atoms with van der Waals surface area (Å²) in [5.41, 5.74) is 1.37. The van der Waals surface area contributed by atoms with Crippen molar-refractivity contribution in [2.45, 2.75) is 19.4 Å². The number of carbonyl (C=O) groups excluding carboxylic acids is 1. The Labute approximate surface area is 107 Å². The second kappa shape index (κ2) is 5.46. The first-order valence-electron chi connectivity index (χ1n) is 6.03. The van der Waals surface area contributed by atoms with E-state index in [1.54, 1.807) is 6.07 Å². The van der Waals surface area contributed by atoms with Crippen molar-refractivity contribution in [1.82, 2.24) is 5.32 Å². The fraction of sp³-hybridized carbons (Fsp3) is 0.357. The van der Waals surface area contributed by atoms with E-state index in [9.17, 15) is 4.79 Å². The molecule has 1 aliphatic rings. The third-order valence-corrected chi connectivity index (χ3v) is 2.84. The zero-order valence-corrected chi connectivity index (χ0v) is 10.3. The van der Waals surface area contributed by atoms with Crippen LogP contribution in [0.4, 0.5) is 5.69 Å². The molecule has 4 nitrogen and oxygen atoms in total. The lowest BCUT2D eigenvalue weighted by Gasteiger charge is -2.22. The van der Waals surface area contributed by atoms with Crippen molar-refractivity contribution in [2.24, 2.45) is 0 Å². The molecule has 0 saturated carbocycles. The van der Waals surface area contributed by atoms with E-state index >= 15 is 0 Å². The van der Waals surface area contributed by atoms with Gasteiger partial charge in [0.15, 0.2) is 5.75 Å². The summed E-state index contributed by atoms with van der Waals surface area (Å²) in [4.78, 5) is 12.1. The zero-order chi connectivity index (χ0) is 13.0. The van der Waals surface area contributed by atoms with E-state index in [2.05, 4.69) is 16.6 Å². The molecule has 2 rings (SSSR count). The molecule has 1 heterocycles. The molecule has 18 heavy (non-hydrogen) atoms. The molecule has 0 fully saturated rings. The van der Waals surface area contributed by atoms with Crippen LogP contribution < -0.4 is 15.4 Å². The maximum absolute atomic E-state index is 12.1. The number of para-hydroxylation sites is 1. The Bertz CT molecular complexity index is 491. The summed E-state index contributed by atoms with van der Waals surface area (Å²) in [5.74, 6) is 2.95. The molecule has 1 aromatic rings.